The van der Waals surface area contributed by atoms with Crippen molar-refractivity contribution in [1.29, 1.82) is 0 Å². The van der Waals surface area contributed by atoms with Crippen molar-refractivity contribution in [2.75, 3.05) is 26.2 Å². The lowest BCUT2D eigenvalue weighted by molar-refractivity contribution is -0.137. The van der Waals surface area contributed by atoms with Gasteiger partial charge in [0, 0.05) is 34.2 Å². The lowest BCUT2D eigenvalue weighted by Gasteiger charge is -2.35. The number of thioether (sulfide) groups is 1. The molecule has 0 aliphatic carbocycles. The molecule has 2 saturated heterocycles. The van der Waals surface area contributed by atoms with Crippen molar-refractivity contribution in [2.24, 2.45) is 5.92 Å². The monoisotopic (exact) mass is 338 g/mol. The van der Waals surface area contributed by atoms with E-state index in [4.69, 9.17) is 11.6 Å². The third-order valence-electron chi connectivity index (χ3n) is 4.56. The normalized spacial score (nSPS) is 21.0. The van der Waals surface area contributed by atoms with Crippen molar-refractivity contribution < 1.29 is 4.79 Å². The van der Waals surface area contributed by atoms with Crippen molar-refractivity contribution in [1.82, 2.24) is 10.2 Å². The first-order valence-corrected chi connectivity index (χ1v) is 9.40. The summed E-state index contributed by atoms with van der Waals surface area (Å²) in [5.41, 5.74) is 0. The third-order valence-corrected chi connectivity index (χ3v) is 6.16. The summed E-state index contributed by atoms with van der Waals surface area (Å²) in [4.78, 5) is 15.9. The van der Waals surface area contributed by atoms with Gasteiger partial charge in [0.15, 0.2) is 0 Å². The first kappa shape index (κ1) is 16.2. The van der Waals surface area contributed by atoms with Crippen LogP contribution in [0.25, 0.3) is 0 Å². The zero-order chi connectivity index (χ0) is 15.4. The van der Waals surface area contributed by atoms with Gasteiger partial charge < -0.3 is 10.2 Å². The second kappa shape index (κ2) is 7.71. The predicted octanol–water partition coefficient (Wildman–Crippen LogP) is 3.42. The maximum Gasteiger partial charge on any atom is 0.225 e. The molecule has 120 valence electrons. The summed E-state index contributed by atoms with van der Waals surface area (Å²) >= 11 is 7.84. The lowest BCUT2D eigenvalue weighted by Crippen LogP contribution is -2.45. The molecule has 0 spiro atoms. The quantitative estimate of drug-likeness (QED) is 0.916. The number of rotatable bonds is 3. The second-order valence-corrected chi connectivity index (χ2v) is 7.93. The third kappa shape index (κ3) is 4.18. The molecule has 3 nitrogen and oxygen atoms in total. The van der Waals surface area contributed by atoms with Gasteiger partial charge in [-0.1, -0.05) is 11.6 Å². The lowest BCUT2D eigenvalue weighted by atomic mass is 9.95. The summed E-state index contributed by atoms with van der Waals surface area (Å²) in [7, 11) is 0. The van der Waals surface area contributed by atoms with E-state index in [1.165, 1.54) is 4.90 Å². The molecule has 0 aromatic heterocycles. The van der Waals surface area contributed by atoms with Crippen LogP contribution >= 0.6 is 23.4 Å². The number of halogens is 1. The number of nitrogens with zero attached hydrogens (tertiary/aromatic N) is 1. The number of amides is 1. The van der Waals surface area contributed by atoms with Crippen LogP contribution in [0.4, 0.5) is 0 Å². The minimum absolute atomic E-state index is 0.252. The fraction of sp³-hybridized carbons (Fsp3) is 0.588. The summed E-state index contributed by atoms with van der Waals surface area (Å²) < 4.78 is 0. The van der Waals surface area contributed by atoms with Gasteiger partial charge in [0.05, 0.1) is 0 Å². The molecule has 0 unspecified atom stereocenters. The predicted molar refractivity (Wildman–Crippen MR) is 92.5 cm³/mol. The minimum Gasteiger partial charge on any atom is -0.342 e. The van der Waals surface area contributed by atoms with Crippen LogP contribution in [-0.4, -0.2) is 42.2 Å². The Balaban J connectivity index is 1.47. The van der Waals surface area contributed by atoms with Gasteiger partial charge in [0.25, 0.3) is 0 Å². The van der Waals surface area contributed by atoms with Gasteiger partial charge in [-0.15, -0.1) is 11.8 Å². The van der Waals surface area contributed by atoms with Gasteiger partial charge in [0.2, 0.25) is 5.91 Å². The van der Waals surface area contributed by atoms with Gasteiger partial charge in [-0.05, 0) is 63.0 Å². The van der Waals surface area contributed by atoms with Crippen LogP contribution < -0.4 is 5.32 Å². The van der Waals surface area contributed by atoms with E-state index >= 15 is 0 Å². The zero-order valence-corrected chi connectivity index (χ0v) is 14.3. The molecule has 2 fully saturated rings. The number of piperidine rings is 2. The molecule has 1 aromatic carbocycles. The number of hydrogen-bond donors (Lipinski definition) is 1. The molecule has 5 heteroatoms. The maximum absolute atomic E-state index is 12.5. The molecule has 0 radical (unpaired) electrons. The molecule has 0 saturated carbocycles. The number of likely N-dealkylation sites (tertiary alicyclic amines) is 1. The Morgan fingerprint density at radius 2 is 1.73 bits per heavy atom. The molecule has 2 aliphatic rings. The number of nitrogens with one attached hydrogen (secondary N) is 1. The van der Waals surface area contributed by atoms with Gasteiger partial charge in [-0.25, -0.2) is 0 Å². The maximum atomic E-state index is 12.5. The second-order valence-electron chi connectivity index (χ2n) is 6.12. The summed E-state index contributed by atoms with van der Waals surface area (Å²) in [5, 5.41) is 4.72. The molecular formula is C17H23ClN2OS. The number of hydrogen-bond acceptors (Lipinski definition) is 3. The zero-order valence-electron chi connectivity index (χ0n) is 12.8. The van der Waals surface area contributed by atoms with Crippen LogP contribution in [0, 0.1) is 5.92 Å². The first-order valence-electron chi connectivity index (χ1n) is 8.14. The number of carbonyl (C=O) groups excluding carboxylic acids is 1. The van der Waals surface area contributed by atoms with E-state index in [9.17, 15) is 4.79 Å². The standard InChI is InChI=1S/C17H23ClN2OS/c18-14-1-3-15(4-2-14)22-16-7-11-20(12-8-16)17(21)13-5-9-19-10-6-13/h1-4,13,16,19H,5-12H2. The van der Waals surface area contributed by atoms with E-state index in [1.807, 2.05) is 23.9 Å². The van der Waals surface area contributed by atoms with Gasteiger partial charge in [-0.3, -0.25) is 4.79 Å². The first-order chi connectivity index (χ1) is 10.7. The molecule has 0 bridgehead atoms. The van der Waals surface area contributed by atoms with E-state index in [0.29, 0.717) is 11.2 Å². The van der Waals surface area contributed by atoms with Crippen LogP contribution in [0.15, 0.2) is 29.2 Å². The van der Waals surface area contributed by atoms with E-state index in [2.05, 4.69) is 22.3 Å². The Bertz CT molecular complexity index is 494. The van der Waals surface area contributed by atoms with Crippen molar-refractivity contribution in [3.8, 4) is 0 Å². The molecule has 0 atom stereocenters. The van der Waals surface area contributed by atoms with E-state index in [0.717, 1.165) is 56.9 Å². The highest BCUT2D eigenvalue weighted by molar-refractivity contribution is 8.00. The molecule has 2 heterocycles. The average Bonchev–Trinajstić information content (AvgIpc) is 2.58. The Labute approximate surface area is 141 Å². The molecule has 3 rings (SSSR count). The smallest absolute Gasteiger partial charge is 0.225 e. The molecule has 1 N–H and O–H groups in total. The van der Waals surface area contributed by atoms with E-state index in [-0.39, 0.29) is 5.92 Å². The van der Waals surface area contributed by atoms with Gasteiger partial charge in [0.1, 0.15) is 0 Å². The summed E-state index contributed by atoms with van der Waals surface area (Å²) in [5.74, 6) is 0.637. The Hall–Kier alpha value is -0.710. The van der Waals surface area contributed by atoms with E-state index in [1.54, 1.807) is 0 Å². The molecule has 1 amide bonds. The number of benzene rings is 1. The summed E-state index contributed by atoms with van der Waals surface area (Å²) in [6.07, 6.45) is 4.17. The Kier molecular flexibility index (Phi) is 5.66. The molecule has 2 aliphatic heterocycles. The van der Waals surface area contributed by atoms with Gasteiger partial charge in [-0.2, -0.15) is 0 Å². The Morgan fingerprint density at radius 1 is 1.09 bits per heavy atom. The van der Waals surface area contributed by atoms with Crippen molar-refractivity contribution in [3.05, 3.63) is 29.3 Å². The van der Waals surface area contributed by atoms with Crippen LogP contribution in [0.1, 0.15) is 25.7 Å². The fourth-order valence-electron chi connectivity index (χ4n) is 3.23. The molecular weight excluding hydrogens is 316 g/mol. The summed E-state index contributed by atoms with van der Waals surface area (Å²) in [6.45, 7) is 3.79. The highest BCUT2D eigenvalue weighted by Crippen LogP contribution is 2.31. The SMILES string of the molecule is O=C(C1CCNCC1)N1CCC(Sc2ccc(Cl)cc2)CC1. The topological polar surface area (TPSA) is 32.3 Å². The fourth-order valence-corrected chi connectivity index (χ4v) is 4.48. The van der Waals surface area contributed by atoms with Crippen LogP contribution in [0.3, 0.4) is 0 Å². The van der Waals surface area contributed by atoms with Crippen molar-refractivity contribution in [3.63, 3.8) is 0 Å². The van der Waals surface area contributed by atoms with Crippen molar-refractivity contribution in [2.45, 2.75) is 35.8 Å². The van der Waals surface area contributed by atoms with Crippen LogP contribution in [0.2, 0.25) is 5.02 Å². The minimum atomic E-state index is 0.252. The molecule has 1 aromatic rings. The highest BCUT2D eigenvalue weighted by atomic mass is 35.5. The number of carbonyl (C=O) groups is 1. The van der Waals surface area contributed by atoms with Crippen LogP contribution in [-0.2, 0) is 4.79 Å². The van der Waals surface area contributed by atoms with Crippen LogP contribution in [0.5, 0.6) is 0 Å². The average molecular weight is 339 g/mol. The van der Waals surface area contributed by atoms with Gasteiger partial charge >= 0.3 is 0 Å². The largest absolute Gasteiger partial charge is 0.342 e. The highest BCUT2D eigenvalue weighted by Gasteiger charge is 2.29. The van der Waals surface area contributed by atoms with Crippen molar-refractivity contribution >= 4 is 29.3 Å². The van der Waals surface area contributed by atoms with E-state index < -0.39 is 0 Å². The molecule has 22 heavy (non-hydrogen) atoms. The summed E-state index contributed by atoms with van der Waals surface area (Å²) in [6, 6.07) is 8.05. The Morgan fingerprint density at radius 3 is 2.36 bits per heavy atom.